The first-order valence-electron chi connectivity index (χ1n) is 6.09. The predicted octanol–water partition coefficient (Wildman–Crippen LogP) is 0.944. The van der Waals surface area contributed by atoms with Gasteiger partial charge in [0.05, 0.1) is 18.8 Å². The zero-order valence-electron chi connectivity index (χ0n) is 11.4. The largest absolute Gasteiger partial charge is 0.466 e. The average molecular weight is 254 g/mol. The van der Waals surface area contributed by atoms with E-state index >= 15 is 0 Å². The topological polar surface area (TPSA) is 65.7 Å². The van der Waals surface area contributed by atoms with Crippen molar-refractivity contribution in [3.8, 4) is 0 Å². The number of furan rings is 1. The quantitative estimate of drug-likeness (QED) is 0.793. The van der Waals surface area contributed by atoms with Crippen molar-refractivity contribution in [2.75, 3.05) is 20.6 Å². The molecular formula is C13H22N2O3. The summed E-state index contributed by atoms with van der Waals surface area (Å²) in [5, 5.41) is 12.9. The van der Waals surface area contributed by atoms with Crippen molar-refractivity contribution < 1.29 is 14.3 Å². The van der Waals surface area contributed by atoms with E-state index in [9.17, 15) is 9.90 Å². The highest BCUT2D eigenvalue weighted by atomic mass is 16.4. The van der Waals surface area contributed by atoms with Crippen LogP contribution in [-0.4, -0.2) is 42.6 Å². The Morgan fingerprint density at radius 1 is 1.61 bits per heavy atom. The van der Waals surface area contributed by atoms with E-state index < -0.39 is 5.60 Å². The molecule has 5 nitrogen and oxygen atoms in total. The lowest BCUT2D eigenvalue weighted by Crippen LogP contribution is -2.47. The molecule has 0 radical (unpaired) electrons. The second kappa shape index (κ2) is 6.02. The molecule has 2 N–H and O–H groups in total. The van der Waals surface area contributed by atoms with Crippen LogP contribution in [0.15, 0.2) is 22.8 Å². The zero-order valence-corrected chi connectivity index (χ0v) is 11.4. The van der Waals surface area contributed by atoms with Gasteiger partial charge in [-0.25, -0.2) is 0 Å². The van der Waals surface area contributed by atoms with Gasteiger partial charge in [0, 0.05) is 0 Å². The van der Waals surface area contributed by atoms with Gasteiger partial charge >= 0.3 is 0 Å². The molecule has 0 saturated carbocycles. The molecule has 0 bridgehead atoms. The van der Waals surface area contributed by atoms with Crippen molar-refractivity contribution in [2.45, 2.75) is 31.9 Å². The minimum atomic E-state index is -1.19. The average Bonchev–Trinajstić information content (AvgIpc) is 2.81. The van der Waals surface area contributed by atoms with Crippen LogP contribution in [-0.2, 0) is 10.4 Å². The highest BCUT2D eigenvalue weighted by Crippen LogP contribution is 2.19. The molecule has 2 unspecified atom stereocenters. The molecule has 0 aliphatic heterocycles. The van der Waals surface area contributed by atoms with Gasteiger partial charge in [-0.1, -0.05) is 6.92 Å². The number of rotatable bonds is 6. The van der Waals surface area contributed by atoms with E-state index in [0.29, 0.717) is 5.76 Å². The number of amides is 1. The van der Waals surface area contributed by atoms with Gasteiger partial charge in [-0.05, 0) is 39.6 Å². The summed E-state index contributed by atoms with van der Waals surface area (Å²) in [6.07, 6.45) is 2.22. The number of nitrogens with one attached hydrogen (secondary N) is 1. The van der Waals surface area contributed by atoms with Crippen LogP contribution >= 0.6 is 0 Å². The van der Waals surface area contributed by atoms with Gasteiger partial charge in [-0.3, -0.25) is 9.69 Å². The maximum Gasteiger partial charge on any atom is 0.237 e. The van der Waals surface area contributed by atoms with Crippen LogP contribution in [0.2, 0.25) is 0 Å². The highest BCUT2D eigenvalue weighted by Gasteiger charge is 2.28. The van der Waals surface area contributed by atoms with Gasteiger partial charge in [0.25, 0.3) is 0 Å². The van der Waals surface area contributed by atoms with Crippen molar-refractivity contribution in [3.63, 3.8) is 0 Å². The van der Waals surface area contributed by atoms with Crippen LogP contribution in [0.5, 0.6) is 0 Å². The molecule has 0 aromatic carbocycles. The summed E-state index contributed by atoms with van der Waals surface area (Å²) in [6, 6.07) is 3.22. The Hall–Kier alpha value is -1.33. The molecule has 5 heteroatoms. The lowest BCUT2D eigenvalue weighted by atomic mass is 10.0. The summed E-state index contributed by atoms with van der Waals surface area (Å²) in [5.41, 5.74) is -1.19. The molecule has 1 aromatic heterocycles. The fraction of sp³-hybridized carbons (Fsp3) is 0.615. The predicted molar refractivity (Wildman–Crippen MR) is 69.1 cm³/mol. The molecular weight excluding hydrogens is 232 g/mol. The lowest BCUT2D eigenvalue weighted by molar-refractivity contribution is -0.127. The van der Waals surface area contributed by atoms with E-state index in [4.69, 9.17) is 4.42 Å². The van der Waals surface area contributed by atoms with Gasteiger partial charge in [0.15, 0.2) is 0 Å². The SMILES string of the molecule is CCC(C(=O)NCC(C)(O)c1ccco1)N(C)C. The van der Waals surface area contributed by atoms with Crippen molar-refractivity contribution in [1.29, 1.82) is 0 Å². The van der Waals surface area contributed by atoms with Crippen LogP contribution in [0.3, 0.4) is 0 Å². The lowest BCUT2D eigenvalue weighted by Gasteiger charge is -2.25. The standard InChI is InChI=1S/C13H22N2O3/c1-5-10(15(3)4)12(16)14-9-13(2,17)11-7-6-8-18-11/h6-8,10,17H,5,9H2,1-4H3,(H,14,16). The Morgan fingerprint density at radius 2 is 2.28 bits per heavy atom. The van der Waals surface area contributed by atoms with Crippen LogP contribution in [0.4, 0.5) is 0 Å². The van der Waals surface area contributed by atoms with E-state index in [0.717, 1.165) is 6.42 Å². The third-order valence-electron chi connectivity index (χ3n) is 2.97. The van der Waals surface area contributed by atoms with Crippen molar-refractivity contribution in [2.24, 2.45) is 0 Å². The number of hydrogen-bond acceptors (Lipinski definition) is 4. The number of carbonyl (C=O) groups excluding carboxylic acids is 1. The number of aliphatic hydroxyl groups is 1. The Kier molecular flexibility index (Phi) is 4.93. The van der Waals surface area contributed by atoms with Crippen molar-refractivity contribution >= 4 is 5.91 Å². The van der Waals surface area contributed by atoms with Crippen LogP contribution < -0.4 is 5.32 Å². The third-order valence-corrected chi connectivity index (χ3v) is 2.97. The molecule has 102 valence electrons. The fourth-order valence-corrected chi connectivity index (χ4v) is 1.83. The van der Waals surface area contributed by atoms with E-state index in [1.54, 1.807) is 19.1 Å². The highest BCUT2D eigenvalue weighted by molar-refractivity contribution is 5.81. The van der Waals surface area contributed by atoms with E-state index in [-0.39, 0.29) is 18.5 Å². The first kappa shape index (κ1) is 14.7. The zero-order chi connectivity index (χ0) is 13.8. The number of nitrogens with zero attached hydrogens (tertiary/aromatic N) is 1. The molecule has 1 rings (SSSR count). The second-order valence-corrected chi connectivity index (χ2v) is 4.86. The first-order valence-corrected chi connectivity index (χ1v) is 6.09. The van der Waals surface area contributed by atoms with Crippen LogP contribution in [0.1, 0.15) is 26.0 Å². The van der Waals surface area contributed by atoms with E-state index in [1.807, 2.05) is 25.9 Å². The number of likely N-dealkylation sites (N-methyl/N-ethyl adjacent to an activating group) is 1. The van der Waals surface area contributed by atoms with Crippen LogP contribution in [0.25, 0.3) is 0 Å². The summed E-state index contributed by atoms with van der Waals surface area (Å²) in [6.45, 7) is 3.70. The monoisotopic (exact) mass is 254 g/mol. The number of carbonyl (C=O) groups is 1. The molecule has 0 aliphatic carbocycles. The summed E-state index contributed by atoms with van der Waals surface area (Å²) in [7, 11) is 3.72. The normalized spacial score (nSPS) is 16.3. The molecule has 2 atom stereocenters. The van der Waals surface area contributed by atoms with Gasteiger partial charge in [0.1, 0.15) is 11.4 Å². The van der Waals surface area contributed by atoms with Gasteiger partial charge in [-0.2, -0.15) is 0 Å². The molecule has 1 heterocycles. The molecule has 0 saturated heterocycles. The summed E-state index contributed by atoms with van der Waals surface area (Å²) >= 11 is 0. The first-order chi connectivity index (χ1) is 8.38. The molecule has 1 amide bonds. The second-order valence-electron chi connectivity index (χ2n) is 4.86. The third kappa shape index (κ3) is 3.58. The van der Waals surface area contributed by atoms with E-state index in [2.05, 4.69) is 5.32 Å². The molecule has 18 heavy (non-hydrogen) atoms. The minimum absolute atomic E-state index is 0.0886. The number of hydrogen-bond donors (Lipinski definition) is 2. The molecule has 1 aromatic rings. The Bertz CT molecular complexity index is 372. The summed E-state index contributed by atoms with van der Waals surface area (Å²) in [4.78, 5) is 13.8. The smallest absolute Gasteiger partial charge is 0.237 e. The fourth-order valence-electron chi connectivity index (χ4n) is 1.83. The minimum Gasteiger partial charge on any atom is -0.466 e. The Balaban J connectivity index is 2.57. The van der Waals surface area contributed by atoms with Gasteiger partial charge in [0.2, 0.25) is 5.91 Å². The maximum atomic E-state index is 11.9. The Morgan fingerprint density at radius 3 is 2.72 bits per heavy atom. The Labute approximate surface area is 108 Å². The maximum absolute atomic E-state index is 11.9. The van der Waals surface area contributed by atoms with Gasteiger partial charge < -0.3 is 14.8 Å². The summed E-state index contributed by atoms with van der Waals surface area (Å²) in [5.74, 6) is 0.357. The summed E-state index contributed by atoms with van der Waals surface area (Å²) < 4.78 is 5.15. The van der Waals surface area contributed by atoms with Crippen molar-refractivity contribution in [1.82, 2.24) is 10.2 Å². The van der Waals surface area contributed by atoms with Gasteiger partial charge in [-0.15, -0.1) is 0 Å². The molecule has 0 fully saturated rings. The van der Waals surface area contributed by atoms with Crippen molar-refractivity contribution in [3.05, 3.63) is 24.2 Å². The molecule has 0 spiro atoms. The molecule has 0 aliphatic rings. The van der Waals surface area contributed by atoms with Crippen LogP contribution in [0, 0.1) is 0 Å². The van der Waals surface area contributed by atoms with E-state index in [1.165, 1.54) is 6.26 Å².